The monoisotopic (exact) mass is 395 g/mol. The smallest absolute Gasteiger partial charge is 0.276 e. The third-order valence-electron chi connectivity index (χ3n) is 3.41. The lowest BCUT2D eigenvalue weighted by Crippen LogP contribution is -2.32. The minimum Gasteiger partial charge on any atom is -0.276 e. The van der Waals surface area contributed by atoms with E-state index in [1.807, 2.05) is 0 Å². The average Bonchev–Trinajstić information content (AvgIpc) is 2.76. The van der Waals surface area contributed by atoms with E-state index in [4.69, 9.17) is 0 Å². The maximum absolute atomic E-state index is 12.0. The van der Waals surface area contributed by atoms with E-state index in [0.29, 0.717) is 0 Å². The molecule has 0 aliphatic rings. The molecule has 13 nitrogen and oxygen atoms in total. The summed E-state index contributed by atoms with van der Waals surface area (Å²) in [4.78, 5) is 49.9. The fraction of sp³-hybridized carbons (Fsp3) is 0. The van der Waals surface area contributed by atoms with Crippen LogP contribution in [0, 0.1) is 10.1 Å². The molecule has 0 bridgehead atoms. The van der Waals surface area contributed by atoms with E-state index in [2.05, 4.69) is 41.6 Å². The van der Waals surface area contributed by atoms with Crippen molar-refractivity contribution < 1.29 is 14.5 Å². The number of carbonyl (C=O) groups is 2. The number of hydrogen-bond donors (Lipinski definition) is 4. The largest absolute Gasteiger partial charge is 0.356 e. The number of hydrazine groups is 2. The van der Waals surface area contributed by atoms with Gasteiger partial charge >= 0.3 is 5.69 Å². The molecule has 3 rings (SSSR count). The number of pyridine rings is 2. The summed E-state index contributed by atoms with van der Waals surface area (Å²) in [5.41, 5.74) is 9.00. The Morgan fingerprint density at radius 1 is 0.897 bits per heavy atom. The number of nitrogens with one attached hydrogen (secondary N) is 4. The number of aromatic nitrogens is 4. The summed E-state index contributed by atoms with van der Waals surface area (Å²) in [6, 6.07) is 7.79. The Bertz CT molecular complexity index is 957. The molecule has 0 unspecified atom stereocenters. The van der Waals surface area contributed by atoms with E-state index < -0.39 is 22.4 Å². The molecule has 0 saturated carbocycles. The van der Waals surface area contributed by atoms with Crippen LogP contribution in [0.2, 0.25) is 0 Å². The van der Waals surface area contributed by atoms with Crippen LogP contribution in [0.1, 0.15) is 20.8 Å². The Balaban J connectivity index is 1.73. The van der Waals surface area contributed by atoms with Gasteiger partial charge in [0.2, 0.25) is 11.6 Å². The van der Waals surface area contributed by atoms with E-state index in [-0.39, 0.29) is 22.9 Å². The Labute approximate surface area is 162 Å². The molecule has 2 amide bonds. The molecular weight excluding hydrogens is 382 g/mol. The first-order chi connectivity index (χ1) is 14.1. The molecule has 146 valence electrons. The van der Waals surface area contributed by atoms with Crippen LogP contribution in [0.4, 0.5) is 17.3 Å². The Morgan fingerprint density at radius 3 is 2.21 bits per heavy atom. The molecule has 29 heavy (non-hydrogen) atoms. The van der Waals surface area contributed by atoms with Gasteiger partial charge in [-0.1, -0.05) is 6.07 Å². The molecule has 0 saturated heterocycles. The lowest BCUT2D eigenvalue weighted by Gasteiger charge is -2.11. The van der Waals surface area contributed by atoms with Crippen LogP contribution in [0.5, 0.6) is 0 Å². The number of nitrogens with zero attached hydrogens (tertiary/aromatic N) is 5. The zero-order valence-corrected chi connectivity index (χ0v) is 14.6. The van der Waals surface area contributed by atoms with Gasteiger partial charge < -0.3 is 0 Å². The first kappa shape index (κ1) is 19.1. The zero-order chi connectivity index (χ0) is 20.6. The molecule has 0 fully saturated rings. The van der Waals surface area contributed by atoms with E-state index in [1.54, 1.807) is 18.2 Å². The summed E-state index contributed by atoms with van der Waals surface area (Å²) in [5, 5.41) is 11.5. The van der Waals surface area contributed by atoms with E-state index in [0.717, 1.165) is 6.33 Å². The van der Waals surface area contributed by atoms with E-state index >= 15 is 0 Å². The summed E-state index contributed by atoms with van der Waals surface area (Å²) in [7, 11) is 0. The van der Waals surface area contributed by atoms with Gasteiger partial charge in [0.1, 0.15) is 12.0 Å². The minimum absolute atomic E-state index is 0.0961. The predicted molar refractivity (Wildman–Crippen MR) is 99.3 cm³/mol. The van der Waals surface area contributed by atoms with Gasteiger partial charge in [-0.25, -0.2) is 9.97 Å². The van der Waals surface area contributed by atoms with Crippen LogP contribution in [0.25, 0.3) is 0 Å². The number of nitro groups is 1. The molecule has 0 aromatic carbocycles. The SMILES string of the molecule is O=C(NNc1ncnc(NNC(=O)c2ccccn2)c1[N+](=O)[O-])c1cccnc1. The van der Waals surface area contributed by atoms with Crippen molar-refractivity contribution in [2.75, 3.05) is 10.9 Å². The summed E-state index contributed by atoms with van der Waals surface area (Å²) < 4.78 is 0. The van der Waals surface area contributed by atoms with Gasteiger partial charge in [0.05, 0.1) is 10.5 Å². The van der Waals surface area contributed by atoms with Gasteiger partial charge in [0.15, 0.2) is 0 Å². The van der Waals surface area contributed by atoms with Crippen LogP contribution >= 0.6 is 0 Å². The molecule has 0 aliphatic carbocycles. The summed E-state index contributed by atoms with van der Waals surface area (Å²) in [6.07, 6.45) is 5.26. The maximum Gasteiger partial charge on any atom is 0.356 e. The van der Waals surface area contributed by atoms with Crippen molar-refractivity contribution in [3.8, 4) is 0 Å². The highest BCUT2D eigenvalue weighted by molar-refractivity contribution is 5.95. The van der Waals surface area contributed by atoms with Gasteiger partial charge in [-0.15, -0.1) is 0 Å². The molecular formula is C16H13N9O4. The fourth-order valence-electron chi connectivity index (χ4n) is 2.10. The Hall–Kier alpha value is -4.68. The standard InChI is InChI=1S/C16H13N9O4/c26-15(10-4-3-6-17-8-10)23-21-13-12(25(28)29)14(20-9-19-13)22-24-16(27)11-5-1-2-7-18-11/h1-9H,(H,23,26)(H,24,27)(H2,19,20,21,22). The molecule has 3 aromatic rings. The minimum atomic E-state index is -0.770. The number of hydrogen-bond acceptors (Lipinski definition) is 10. The Kier molecular flexibility index (Phi) is 5.80. The van der Waals surface area contributed by atoms with Crippen molar-refractivity contribution in [3.63, 3.8) is 0 Å². The molecule has 0 radical (unpaired) electrons. The lowest BCUT2D eigenvalue weighted by molar-refractivity contribution is -0.383. The number of carbonyl (C=O) groups excluding carboxylic acids is 2. The van der Waals surface area contributed by atoms with E-state index in [1.165, 1.54) is 30.7 Å². The summed E-state index contributed by atoms with van der Waals surface area (Å²) in [5.74, 6) is -1.80. The van der Waals surface area contributed by atoms with E-state index in [9.17, 15) is 19.7 Å². The summed E-state index contributed by atoms with van der Waals surface area (Å²) >= 11 is 0. The topological polar surface area (TPSA) is 177 Å². The molecule has 3 aromatic heterocycles. The molecule has 0 atom stereocenters. The molecule has 4 N–H and O–H groups in total. The highest BCUT2D eigenvalue weighted by atomic mass is 16.6. The van der Waals surface area contributed by atoms with Gasteiger partial charge in [-0.2, -0.15) is 0 Å². The quantitative estimate of drug-likeness (QED) is 0.329. The van der Waals surface area contributed by atoms with Crippen LogP contribution in [0.3, 0.4) is 0 Å². The highest BCUT2D eigenvalue weighted by Gasteiger charge is 2.24. The van der Waals surface area contributed by atoms with Gasteiger partial charge in [-0.3, -0.25) is 51.4 Å². The first-order valence-electron chi connectivity index (χ1n) is 7.99. The molecule has 0 spiro atoms. The summed E-state index contributed by atoms with van der Waals surface area (Å²) in [6.45, 7) is 0. The van der Waals surface area contributed by atoms with Crippen molar-refractivity contribution in [2.24, 2.45) is 0 Å². The van der Waals surface area contributed by atoms with Crippen LogP contribution in [-0.4, -0.2) is 36.7 Å². The van der Waals surface area contributed by atoms with Crippen molar-refractivity contribution in [2.45, 2.75) is 0 Å². The van der Waals surface area contributed by atoms with Crippen molar-refractivity contribution in [3.05, 3.63) is 76.6 Å². The van der Waals surface area contributed by atoms with Gasteiger partial charge in [-0.05, 0) is 24.3 Å². The number of amides is 2. The number of rotatable bonds is 7. The van der Waals surface area contributed by atoms with Gasteiger partial charge in [0, 0.05) is 18.6 Å². The predicted octanol–water partition coefficient (Wildman–Crippen LogP) is 0.689. The zero-order valence-electron chi connectivity index (χ0n) is 14.6. The third kappa shape index (κ3) is 4.73. The van der Waals surface area contributed by atoms with Crippen LogP contribution < -0.4 is 21.7 Å². The van der Waals surface area contributed by atoms with Gasteiger partial charge in [0.25, 0.3) is 11.8 Å². The number of anilines is 2. The fourth-order valence-corrected chi connectivity index (χ4v) is 2.10. The third-order valence-corrected chi connectivity index (χ3v) is 3.41. The van der Waals surface area contributed by atoms with Crippen molar-refractivity contribution >= 4 is 29.1 Å². The highest BCUT2D eigenvalue weighted by Crippen LogP contribution is 2.27. The van der Waals surface area contributed by atoms with Crippen LogP contribution in [0.15, 0.2) is 55.2 Å². The molecule has 3 heterocycles. The van der Waals surface area contributed by atoms with Crippen LogP contribution in [-0.2, 0) is 0 Å². The molecule has 13 heteroatoms. The average molecular weight is 395 g/mol. The second kappa shape index (κ2) is 8.81. The normalized spacial score (nSPS) is 9.93. The second-order valence-electron chi connectivity index (χ2n) is 5.29. The Morgan fingerprint density at radius 2 is 1.62 bits per heavy atom. The lowest BCUT2D eigenvalue weighted by atomic mass is 10.3. The van der Waals surface area contributed by atoms with Crippen molar-refractivity contribution in [1.82, 2.24) is 30.8 Å². The second-order valence-corrected chi connectivity index (χ2v) is 5.29. The van der Waals surface area contributed by atoms with Crippen molar-refractivity contribution in [1.29, 1.82) is 0 Å². The maximum atomic E-state index is 12.0. The molecule has 0 aliphatic heterocycles. The first-order valence-corrected chi connectivity index (χ1v) is 7.99.